The van der Waals surface area contributed by atoms with Crippen molar-refractivity contribution in [2.75, 3.05) is 33.0 Å². The number of benzene rings is 3. The number of rotatable bonds is 5. The van der Waals surface area contributed by atoms with Crippen molar-refractivity contribution in [2.24, 2.45) is 5.92 Å². The van der Waals surface area contributed by atoms with Crippen LogP contribution in [-0.2, 0) is 11.3 Å². The van der Waals surface area contributed by atoms with Crippen molar-refractivity contribution >= 4 is 48.8 Å². The molecule has 4 heterocycles. The van der Waals surface area contributed by atoms with E-state index in [0.29, 0.717) is 37.1 Å². The van der Waals surface area contributed by atoms with Crippen molar-refractivity contribution in [3.63, 3.8) is 0 Å². The maximum absolute atomic E-state index is 13.2. The first kappa shape index (κ1) is 23.6. The maximum Gasteiger partial charge on any atom is 0.265 e. The summed E-state index contributed by atoms with van der Waals surface area (Å²) in [6.07, 6.45) is 2.64. The summed E-state index contributed by atoms with van der Waals surface area (Å²) in [6, 6.07) is 19.4. The van der Waals surface area contributed by atoms with Crippen molar-refractivity contribution in [1.82, 2.24) is 9.88 Å². The lowest BCUT2D eigenvalue weighted by molar-refractivity contribution is 0.0737. The highest BCUT2D eigenvalue weighted by Gasteiger charge is 2.26. The maximum atomic E-state index is 13.2. The van der Waals surface area contributed by atoms with Crippen LogP contribution in [0.25, 0.3) is 31.3 Å². The largest absolute Gasteiger partial charge is 0.489 e. The van der Waals surface area contributed by atoms with E-state index in [9.17, 15) is 4.79 Å². The normalized spacial score (nSPS) is 17.4. The van der Waals surface area contributed by atoms with Gasteiger partial charge in [-0.2, -0.15) is 0 Å². The number of carbonyl (C=O) groups is 1. The molecular weight excluding hydrogens is 516 g/mol. The van der Waals surface area contributed by atoms with Gasteiger partial charge in [0.15, 0.2) is 11.5 Å². The lowest BCUT2D eigenvalue weighted by Gasteiger charge is -2.20. The molecule has 1 unspecified atom stereocenters. The zero-order valence-corrected chi connectivity index (χ0v) is 22.4. The molecule has 0 saturated carbocycles. The monoisotopic (exact) mass is 542 g/mol. The molecule has 0 radical (unpaired) electrons. The third kappa shape index (κ3) is 4.42. The van der Waals surface area contributed by atoms with Crippen molar-refractivity contribution in [1.29, 1.82) is 0 Å². The van der Waals surface area contributed by atoms with Crippen LogP contribution >= 0.6 is 22.7 Å². The Hall–Kier alpha value is -3.46. The first-order valence-electron chi connectivity index (χ1n) is 12.8. The summed E-state index contributed by atoms with van der Waals surface area (Å²) in [7, 11) is 0. The molecule has 0 N–H and O–H groups in total. The number of amides is 1. The first-order valence-corrected chi connectivity index (χ1v) is 14.5. The Morgan fingerprint density at radius 3 is 2.84 bits per heavy atom. The molecule has 192 valence electrons. The van der Waals surface area contributed by atoms with Crippen molar-refractivity contribution < 1.29 is 19.0 Å². The van der Waals surface area contributed by atoms with Crippen LogP contribution in [0.3, 0.4) is 0 Å². The zero-order valence-electron chi connectivity index (χ0n) is 20.7. The molecule has 7 rings (SSSR count). The Kier molecular flexibility index (Phi) is 6.23. The molecule has 2 aliphatic heterocycles. The summed E-state index contributed by atoms with van der Waals surface area (Å²) in [5.41, 5.74) is 4.80. The van der Waals surface area contributed by atoms with Crippen LogP contribution in [0.1, 0.15) is 21.7 Å². The van der Waals surface area contributed by atoms with Gasteiger partial charge in [-0.1, -0.05) is 24.3 Å². The summed E-state index contributed by atoms with van der Waals surface area (Å²) >= 11 is 3.18. The second-order valence-electron chi connectivity index (χ2n) is 9.75. The van der Waals surface area contributed by atoms with E-state index < -0.39 is 0 Å². The molecule has 0 bridgehead atoms. The van der Waals surface area contributed by atoms with Crippen LogP contribution in [0.2, 0.25) is 0 Å². The third-order valence-corrected chi connectivity index (χ3v) is 9.15. The molecule has 1 fully saturated rings. The third-order valence-electron chi connectivity index (χ3n) is 7.24. The Morgan fingerprint density at radius 1 is 1.05 bits per heavy atom. The van der Waals surface area contributed by atoms with Gasteiger partial charge in [0.1, 0.15) is 11.5 Å². The summed E-state index contributed by atoms with van der Waals surface area (Å²) in [4.78, 5) is 19.8. The molecule has 1 amide bonds. The molecule has 2 aliphatic rings. The fraction of sp³-hybridized carbons (Fsp3) is 0.267. The lowest BCUT2D eigenvalue weighted by atomic mass is 9.99. The molecule has 3 aromatic carbocycles. The first-order chi connectivity index (χ1) is 18.7. The van der Waals surface area contributed by atoms with Crippen molar-refractivity contribution in [2.45, 2.75) is 13.0 Å². The SMILES string of the molecule is O=C(c1cncs1)N1CCOc2c(cc(-c3ccc4sc5ccccc5c4c3)cc2OCC2CCOC2)C1. The molecule has 0 aliphatic carbocycles. The van der Waals surface area contributed by atoms with Gasteiger partial charge in [0.05, 0.1) is 31.5 Å². The average molecular weight is 543 g/mol. The standard InChI is InChI=1S/C30H26N2O4S2/c33-30(28-14-31-18-37-28)32-8-10-35-29-22(15-32)11-21(13-25(29)36-17-19-7-9-34-16-19)20-5-6-27-24(12-20)23-3-1-2-4-26(23)38-27/h1-6,11-14,18-19H,7-10,15-17H2. The Balaban J connectivity index is 1.30. The van der Waals surface area contributed by atoms with E-state index in [-0.39, 0.29) is 5.91 Å². The minimum atomic E-state index is -0.0221. The number of aromatic nitrogens is 1. The molecule has 5 aromatic rings. The molecule has 0 spiro atoms. The van der Waals surface area contributed by atoms with Gasteiger partial charge in [-0.15, -0.1) is 22.7 Å². The van der Waals surface area contributed by atoms with E-state index in [4.69, 9.17) is 14.2 Å². The van der Waals surface area contributed by atoms with Crippen LogP contribution in [0.5, 0.6) is 11.5 Å². The van der Waals surface area contributed by atoms with Crippen LogP contribution < -0.4 is 9.47 Å². The van der Waals surface area contributed by atoms with Gasteiger partial charge in [0.2, 0.25) is 0 Å². The Labute approximate surface area is 228 Å². The van der Waals surface area contributed by atoms with Gasteiger partial charge < -0.3 is 19.1 Å². The van der Waals surface area contributed by atoms with Gasteiger partial charge in [0, 0.05) is 44.8 Å². The number of hydrogen-bond donors (Lipinski definition) is 0. The topological polar surface area (TPSA) is 60.9 Å². The van der Waals surface area contributed by atoms with Crippen LogP contribution in [0.4, 0.5) is 0 Å². The van der Waals surface area contributed by atoms with E-state index >= 15 is 0 Å². The van der Waals surface area contributed by atoms with Crippen molar-refractivity contribution in [3.05, 3.63) is 76.7 Å². The summed E-state index contributed by atoms with van der Waals surface area (Å²) in [5, 5.41) is 2.52. The number of nitrogens with zero attached hydrogens (tertiary/aromatic N) is 2. The predicted octanol–water partition coefficient (Wildman–Crippen LogP) is 6.63. The quantitative estimate of drug-likeness (QED) is 0.250. The molecule has 2 aromatic heterocycles. The second kappa shape index (κ2) is 10.0. The summed E-state index contributed by atoms with van der Waals surface area (Å²) < 4.78 is 20.8. The highest BCUT2D eigenvalue weighted by Crippen LogP contribution is 2.41. The second-order valence-corrected chi connectivity index (χ2v) is 11.7. The molecule has 6 nitrogen and oxygen atoms in total. The average Bonchev–Trinajstić information content (AvgIpc) is 3.70. The lowest BCUT2D eigenvalue weighted by Crippen LogP contribution is -2.31. The van der Waals surface area contributed by atoms with Crippen LogP contribution in [-0.4, -0.2) is 48.8 Å². The van der Waals surface area contributed by atoms with Gasteiger partial charge in [-0.3, -0.25) is 9.78 Å². The number of thiophene rings is 1. The van der Waals surface area contributed by atoms with Crippen molar-refractivity contribution in [3.8, 4) is 22.6 Å². The highest BCUT2D eigenvalue weighted by atomic mass is 32.1. The van der Waals surface area contributed by atoms with Gasteiger partial charge in [-0.25, -0.2) is 0 Å². The predicted molar refractivity (Wildman–Crippen MR) is 152 cm³/mol. The van der Waals surface area contributed by atoms with E-state index in [1.807, 2.05) is 16.2 Å². The van der Waals surface area contributed by atoms with Crippen LogP contribution in [0, 0.1) is 5.92 Å². The Bertz CT molecular complexity index is 1620. The summed E-state index contributed by atoms with van der Waals surface area (Å²) in [5.74, 6) is 1.81. The van der Waals surface area contributed by atoms with E-state index in [2.05, 4.69) is 59.6 Å². The fourth-order valence-electron chi connectivity index (χ4n) is 5.24. The Morgan fingerprint density at radius 2 is 1.97 bits per heavy atom. The smallest absolute Gasteiger partial charge is 0.265 e. The number of thiazole rings is 1. The molecule has 8 heteroatoms. The molecule has 38 heavy (non-hydrogen) atoms. The number of fused-ring (bicyclic) bond motifs is 4. The fourth-order valence-corrected chi connectivity index (χ4v) is 6.91. The van der Waals surface area contributed by atoms with E-state index in [1.165, 1.54) is 31.5 Å². The number of hydrogen-bond acceptors (Lipinski definition) is 7. The van der Waals surface area contributed by atoms with Gasteiger partial charge in [0.25, 0.3) is 5.91 Å². The van der Waals surface area contributed by atoms with Gasteiger partial charge >= 0.3 is 0 Å². The highest BCUT2D eigenvalue weighted by molar-refractivity contribution is 7.25. The molecular formula is C30H26N2O4S2. The zero-order chi connectivity index (χ0) is 25.5. The number of carbonyl (C=O) groups excluding carboxylic acids is 1. The number of ether oxygens (including phenoxy) is 3. The summed E-state index contributed by atoms with van der Waals surface area (Å²) in [6.45, 7) is 3.45. The van der Waals surface area contributed by atoms with E-state index in [0.717, 1.165) is 47.8 Å². The van der Waals surface area contributed by atoms with Crippen LogP contribution in [0.15, 0.2) is 66.3 Å². The molecule has 1 atom stereocenters. The van der Waals surface area contributed by atoms with Gasteiger partial charge in [-0.05, 0) is 47.9 Å². The minimum absolute atomic E-state index is 0.0221. The molecule has 1 saturated heterocycles. The minimum Gasteiger partial charge on any atom is -0.489 e. The van der Waals surface area contributed by atoms with E-state index in [1.54, 1.807) is 11.7 Å².